The first-order valence-electron chi connectivity index (χ1n) is 6.82. The number of hydrogen-bond donors (Lipinski definition) is 2. The van der Waals surface area contributed by atoms with Gasteiger partial charge in [0, 0.05) is 16.6 Å². The Morgan fingerprint density at radius 1 is 1.12 bits per heavy atom. The summed E-state index contributed by atoms with van der Waals surface area (Å²) in [5, 5.41) is 8.99. The lowest BCUT2D eigenvalue weighted by atomic mass is 10.2. The first-order valence-corrected chi connectivity index (χ1v) is 9.10. The molecule has 2 N–H and O–H groups in total. The fourth-order valence-corrected chi connectivity index (χ4v) is 3.81. The molecule has 0 aromatic heterocycles. The van der Waals surface area contributed by atoms with Crippen molar-refractivity contribution in [1.82, 2.24) is 0 Å². The lowest BCUT2D eigenvalue weighted by molar-refractivity contribution is 0.0696. The second-order valence-electron chi connectivity index (χ2n) is 4.91. The Labute approximate surface area is 146 Å². The number of fused-ring (bicyclic) bond motifs is 1. The lowest BCUT2D eigenvalue weighted by Gasteiger charge is -2.20. The van der Waals surface area contributed by atoms with Gasteiger partial charge in [-0.3, -0.25) is 4.72 Å². The fraction of sp³-hybridized carbons (Fsp3) is 0.133. The number of anilines is 1. The molecule has 0 saturated carbocycles. The Bertz CT molecular complexity index is 912. The van der Waals surface area contributed by atoms with Gasteiger partial charge in [0.25, 0.3) is 10.0 Å². The highest BCUT2D eigenvalue weighted by atomic mass is 79.9. The molecule has 7 nitrogen and oxygen atoms in total. The molecule has 1 heterocycles. The average molecular weight is 414 g/mol. The third kappa shape index (κ3) is 3.31. The summed E-state index contributed by atoms with van der Waals surface area (Å²) in [6.45, 7) is 0.800. The molecule has 0 amide bonds. The molecule has 0 spiro atoms. The maximum absolute atomic E-state index is 12.5. The number of aromatic carboxylic acids is 1. The summed E-state index contributed by atoms with van der Waals surface area (Å²) in [5.41, 5.74) is 0.152. The molecule has 24 heavy (non-hydrogen) atoms. The Kier molecular flexibility index (Phi) is 4.37. The zero-order valence-corrected chi connectivity index (χ0v) is 14.6. The number of carboxylic acid groups (broad SMARTS) is 1. The maximum Gasteiger partial charge on any atom is 0.335 e. The summed E-state index contributed by atoms with van der Waals surface area (Å²) >= 11 is 3.28. The van der Waals surface area contributed by atoms with E-state index >= 15 is 0 Å². The molecule has 0 aliphatic carbocycles. The topological polar surface area (TPSA) is 102 Å². The highest BCUT2D eigenvalue weighted by Crippen LogP contribution is 2.38. The number of hydrogen-bond acceptors (Lipinski definition) is 5. The first-order chi connectivity index (χ1) is 11.4. The van der Waals surface area contributed by atoms with Crippen molar-refractivity contribution in [3.63, 3.8) is 0 Å². The van der Waals surface area contributed by atoms with E-state index in [2.05, 4.69) is 20.7 Å². The Morgan fingerprint density at radius 3 is 2.46 bits per heavy atom. The minimum Gasteiger partial charge on any atom is -0.486 e. The van der Waals surface area contributed by atoms with Gasteiger partial charge in [-0.2, -0.15) is 0 Å². The molecule has 2 aromatic rings. The zero-order valence-electron chi connectivity index (χ0n) is 12.2. The number of benzene rings is 2. The van der Waals surface area contributed by atoms with Gasteiger partial charge >= 0.3 is 5.97 Å². The minimum absolute atomic E-state index is 0.112. The molecule has 0 radical (unpaired) electrons. The van der Waals surface area contributed by atoms with Crippen molar-refractivity contribution in [2.75, 3.05) is 17.9 Å². The van der Waals surface area contributed by atoms with Gasteiger partial charge in [0.15, 0.2) is 11.5 Å². The third-order valence-corrected chi connectivity index (χ3v) is 5.29. The van der Waals surface area contributed by atoms with Gasteiger partial charge < -0.3 is 14.6 Å². The number of nitrogens with one attached hydrogen (secondary N) is 1. The molecule has 0 fully saturated rings. The lowest BCUT2D eigenvalue weighted by Crippen LogP contribution is -2.17. The molecule has 0 unspecified atom stereocenters. The van der Waals surface area contributed by atoms with Crippen LogP contribution in [0.25, 0.3) is 0 Å². The van der Waals surface area contributed by atoms with Crippen molar-refractivity contribution < 1.29 is 27.8 Å². The Balaban J connectivity index is 1.95. The maximum atomic E-state index is 12.5. The van der Waals surface area contributed by atoms with Gasteiger partial charge in [0.2, 0.25) is 0 Å². The van der Waals surface area contributed by atoms with E-state index in [1.165, 1.54) is 24.3 Å². The van der Waals surface area contributed by atoms with Crippen LogP contribution in [0.15, 0.2) is 45.8 Å². The number of carboxylic acids is 1. The third-order valence-electron chi connectivity index (χ3n) is 3.27. The van der Waals surface area contributed by atoms with Crippen LogP contribution in [0.1, 0.15) is 10.4 Å². The highest BCUT2D eigenvalue weighted by Gasteiger charge is 2.20. The fourth-order valence-electron chi connectivity index (χ4n) is 2.14. The average Bonchev–Trinajstić information content (AvgIpc) is 2.55. The van der Waals surface area contributed by atoms with Crippen molar-refractivity contribution >= 4 is 37.6 Å². The predicted octanol–water partition coefficient (Wildman–Crippen LogP) is 2.72. The van der Waals surface area contributed by atoms with Gasteiger partial charge in [-0.25, -0.2) is 13.2 Å². The van der Waals surface area contributed by atoms with E-state index < -0.39 is 16.0 Å². The Hall–Kier alpha value is -2.26. The van der Waals surface area contributed by atoms with E-state index in [1.54, 1.807) is 6.07 Å². The number of carbonyl (C=O) groups is 1. The van der Waals surface area contributed by atoms with Crippen LogP contribution >= 0.6 is 15.9 Å². The molecule has 0 atom stereocenters. The quantitative estimate of drug-likeness (QED) is 0.798. The van der Waals surface area contributed by atoms with Crippen molar-refractivity contribution in [2.45, 2.75) is 4.90 Å². The summed E-state index contributed by atoms with van der Waals surface area (Å²) in [6, 6.07) is 8.23. The second kappa shape index (κ2) is 6.33. The summed E-state index contributed by atoms with van der Waals surface area (Å²) in [4.78, 5) is 10.9. The van der Waals surface area contributed by atoms with E-state index in [-0.39, 0.29) is 16.1 Å². The van der Waals surface area contributed by atoms with Crippen LogP contribution in [0, 0.1) is 0 Å². The highest BCUT2D eigenvalue weighted by molar-refractivity contribution is 9.10. The molecule has 3 rings (SSSR count). The Morgan fingerprint density at radius 2 is 1.79 bits per heavy atom. The summed E-state index contributed by atoms with van der Waals surface area (Å²) in [5.74, 6) is -0.252. The molecule has 1 aliphatic heterocycles. The number of ether oxygens (including phenoxy) is 2. The van der Waals surface area contributed by atoms with Gasteiger partial charge in [-0.1, -0.05) is 6.07 Å². The number of sulfonamides is 1. The predicted molar refractivity (Wildman–Crippen MR) is 89.3 cm³/mol. The SMILES string of the molecule is O=C(O)c1cccc(S(=O)(=O)Nc2cc3c(cc2Br)OCCO3)c1. The van der Waals surface area contributed by atoms with Crippen LogP contribution in [-0.4, -0.2) is 32.7 Å². The van der Waals surface area contributed by atoms with E-state index in [0.717, 1.165) is 6.07 Å². The van der Waals surface area contributed by atoms with Crippen LogP contribution in [-0.2, 0) is 10.0 Å². The van der Waals surface area contributed by atoms with Crippen molar-refractivity contribution in [2.24, 2.45) is 0 Å². The van der Waals surface area contributed by atoms with Crippen LogP contribution in [0.3, 0.4) is 0 Å². The standard InChI is InChI=1S/C15H12BrNO6S/c16-11-7-13-14(23-5-4-22-13)8-12(11)17-24(20,21)10-3-1-2-9(6-10)15(18)19/h1-3,6-8,17H,4-5H2,(H,18,19). The van der Waals surface area contributed by atoms with Gasteiger partial charge in [-0.15, -0.1) is 0 Å². The smallest absolute Gasteiger partial charge is 0.335 e. The second-order valence-corrected chi connectivity index (χ2v) is 7.45. The van der Waals surface area contributed by atoms with Crippen LogP contribution in [0.4, 0.5) is 5.69 Å². The monoisotopic (exact) mass is 413 g/mol. The van der Waals surface area contributed by atoms with E-state index in [0.29, 0.717) is 29.2 Å². The molecular formula is C15H12BrNO6S. The van der Waals surface area contributed by atoms with Crippen molar-refractivity contribution in [3.05, 3.63) is 46.4 Å². The number of halogens is 1. The molecule has 2 aromatic carbocycles. The van der Waals surface area contributed by atoms with Gasteiger partial charge in [0.1, 0.15) is 13.2 Å². The normalized spacial score (nSPS) is 13.4. The molecule has 1 aliphatic rings. The molecule has 0 bridgehead atoms. The molecule has 0 saturated heterocycles. The summed E-state index contributed by atoms with van der Waals surface area (Å²) < 4.78 is 38.7. The molecular weight excluding hydrogens is 402 g/mol. The van der Waals surface area contributed by atoms with E-state index in [9.17, 15) is 13.2 Å². The zero-order chi connectivity index (χ0) is 17.3. The molecule has 126 valence electrons. The van der Waals surface area contributed by atoms with E-state index in [4.69, 9.17) is 14.6 Å². The number of rotatable bonds is 4. The summed E-state index contributed by atoms with van der Waals surface area (Å²) in [7, 11) is -3.96. The molecule has 9 heteroatoms. The minimum atomic E-state index is -3.96. The van der Waals surface area contributed by atoms with Gasteiger partial charge in [0.05, 0.1) is 16.1 Å². The van der Waals surface area contributed by atoms with Crippen LogP contribution in [0.2, 0.25) is 0 Å². The van der Waals surface area contributed by atoms with Crippen LogP contribution < -0.4 is 14.2 Å². The van der Waals surface area contributed by atoms with Crippen LogP contribution in [0.5, 0.6) is 11.5 Å². The summed E-state index contributed by atoms with van der Waals surface area (Å²) in [6.07, 6.45) is 0. The largest absolute Gasteiger partial charge is 0.486 e. The van der Waals surface area contributed by atoms with Crippen molar-refractivity contribution in [1.29, 1.82) is 0 Å². The first kappa shape index (κ1) is 16.6. The van der Waals surface area contributed by atoms with Gasteiger partial charge in [-0.05, 0) is 34.1 Å². The van der Waals surface area contributed by atoms with E-state index in [1.807, 2.05) is 0 Å². The van der Waals surface area contributed by atoms with Crippen molar-refractivity contribution in [3.8, 4) is 11.5 Å².